The fraction of sp³-hybridized carbons (Fsp3) is 0.441. The molecule has 0 aliphatic carbocycles. The van der Waals surface area contributed by atoms with E-state index in [0.29, 0.717) is 11.5 Å². The first-order chi connectivity index (χ1) is 20.2. The number of imidazole rings is 1. The van der Waals surface area contributed by atoms with Crippen LogP contribution in [0.1, 0.15) is 62.8 Å². The predicted molar refractivity (Wildman–Crippen MR) is 164 cm³/mol. The number of hydrogen-bond donors (Lipinski definition) is 1. The van der Waals surface area contributed by atoms with Gasteiger partial charge in [-0.2, -0.15) is 0 Å². The Bertz CT molecular complexity index is 1620. The lowest BCUT2D eigenvalue weighted by atomic mass is 9.92. The van der Waals surface area contributed by atoms with Crippen LogP contribution in [0.15, 0.2) is 48.7 Å². The lowest BCUT2D eigenvalue weighted by Gasteiger charge is -2.41. The van der Waals surface area contributed by atoms with Crippen LogP contribution in [0.25, 0.3) is 28.2 Å². The maximum Gasteiger partial charge on any atom is 0.308 e. The Morgan fingerprint density at radius 1 is 1.07 bits per heavy atom. The summed E-state index contributed by atoms with van der Waals surface area (Å²) in [4.78, 5) is 23.9. The summed E-state index contributed by atoms with van der Waals surface area (Å²) in [6.07, 6.45) is 6.70. The minimum atomic E-state index is -0.870. The summed E-state index contributed by atoms with van der Waals surface area (Å²) in [7, 11) is 0. The maximum absolute atomic E-state index is 11.9. The van der Waals surface area contributed by atoms with Gasteiger partial charge in [-0.3, -0.25) is 9.20 Å². The summed E-state index contributed by atoms with van der Waals surface area (Å²) in [6, 6.07) is 14.7. The first-order valence-electron chi connectivity index (χ1n) is 15.1. The van der Waals surface area contributed by atoms with Crippen molar-refractivity contribution in [2.75, 3.05) is 24.6 Å². The van der Waals surface area contributed by atoms with Gasteiger partial charge in [0, 0.05) is 48.3 Å². The van der Waals surface area contributed by atoms with Gasteiger partial charge in [-0.15, -0.1) is 0 Å². The number of carboxylic acids is 1. The van der Waals surface area contributed by atoms with Gasteiger partial charge in [0.05, 0.1) is 23.8 Å². The lowest BCUT2D eigenvalue weighted by Crippen LogP contribution is -2.45. The van der Waals surface area contributed by atoms with Crippen molar-refractivity contribution >= 4 is 17.6 Å². The number of anilines is 1. The second kappa shape index (κ2) is 11.4. The largest absolute Gasteiger partial charge is 0.490 e. The second-order valence-corrected chi connectivity index (χ2v) is 12.2. The van der Waals surface area contributed by atoms with Crippen LogP contribution in [0.4, 0.5) is 5.82 Å². The molecule has 220 valence electrons. The van der Waals surface area contributed by atoms with Gasteiger partial charge >= 0.3 is 5.97 Å². The van der Waals surface area contributed by atoms with Crippen LogP contribution >= 0.6 is 0 Å². The molecule has 6 bridgehead atoms. The van der Waals surface area contributed by atoms with Crippen LogP contribution in [0.5, 0.6) is 5.75 Å². The molecule has 2 aromatic carbocycles. The number of benzene rings is 2. The number of fused-ring (bicyclic) bond motifs is 8. The van der Waals surface area contributed by atoms with Gasteiger partial charge in [0.15, 0.2) is 0 Å². The molecule has 0 spiro atoms. The summed E-state index contributed by atoms with van der Waals surface area (Å²) < 4.78 is 15.0. The Kier molecular flexibility index (Phi) is 7.66. The third-order valence-corrected chi connectivity index (χ3v) is 8.73. The van der Waals surface area contributed by atoms with E-state index < -0.39 is 5.97 Å². The molecule has 1 saturated heterocycles. The van der Waals surface area contributed by atoms with Gasteiger partial charge in [-0.1, -0.05) is 30.3 Å². The number of rotatable bonds is 2. The molecular weight excluding hydrogens is 528 g/mol. The normalized spacial score (nSPS) is 21.2. The standard InChI is InChI=1S/C34H40N4O4/c1-22-11-12-27-25-9-7-10-26(19-25)29-21-38-32(28(20-31(39)40)24(3)35-33(38)36-29)37-15-13-34(4,14-16-37)41-17-6-5-8-23(2)42-30(27)18-22/h7,9-12,18-19,21,23H,5-6,8,13-17,20H2,1-4H3,(H,39,40). The Morgan fingerprint density at radius 3 is 2.64 bits per heavy atom. The molecule has 1 N–H and O–H groups in total. The van der Waals surface area contributed by atoms with Crippen molar-refractivity contribution in [3.63, 3.8) is 0 Å². The van der Waals surface area contributed by atoms with Crippen LogP contribution in [0.3, 0.4) is 0 Å². The van der Waals surface area contributed by atoms with E-state index in [-0.39, 0.29) is 18.1 Å². The number of piperidine rings is 1. The van der Waals surface area contributed by atoms with E-state index in [2.05, 4.69) is 68.1 Å². The monoisotopic (exact) mass is 568 g/mol. The second-order valence-electron chi connectivity index (χ2n) is 12.2. The highest BCUT2D eigenvalue weighted by Crippen LogP contribution is 2.37. The van der Waals surface area contributed by atoms with Gasteiger partial charge in [-0.05, 0) is 83.1 Å². The zero-order valence-electron chi connectivity index (χ0n) is 25.0. The molecule has 1 unspecified atom stereocenters. The van der Waals surface area contributed by atoms with Crippen molar-refractivity contribution in [3.05, 3.63) is 65.5 Å². The zero-order valence-corrected chi connectivity index (χ0v) is 25.0. The molecular formula is C34H40N4O4. The van der Waals surface area contributed by atoms with Crippen molar-refractivity contribution in [1.82, 2.24) is 14.4 Å². The van der Waals surface area contributed by atoms with Gasteiger partial charge in [-0.25, -0.2) is 9.97 Å². The molecule has 8 nitrogen and oxygen atoms in total. The number of aliphatic carboxylic acids is 1. The molecule has 1 atom stereocenters. The molecule has 3 aliphatic heterocycles. The van der Waals surface area contributed by atoms with Crippen molar-refractivity contribution < 1.29 is 19.4 Å². The van der Waals surface area contributed by atoms with Crippen molar-refractivity contribution in [3.8, 4) is 28.1 Å². The first kappa shape index (κ1) is 28.2. The van der Waals surface area contributed by atoms with Crippen LogP contribution in [-0.2, 0) is 16.0 Å². The molecule has 1 fully saturated rings. The summed E-state index contributed by atoms with van der Waals surface area (Å²) in [6.45, 7) is 10.6. The number of aromatic nitrogens is 3. The molecule has 7 rings (SSSR count). The first-order valence-corrected chi connectivity index (χ1v) is 15.1. The fourth-order valence-electron chi connectivity index (χ4n) is 6.25. The Balaban J connectivity index is 1.49. The van der Waals surface area contributed by atoms with Gasteiger partial charge in [0.25, 0.3) is 0 Å². The maximum atomic E-state index is 11.9. The van der Waals surface area contributed by atoms with E-state index in [1.165, 1.54) is 0 Å². The van der Waals surface area contributed by atoms with Gasteiger partial charge in [0.1, 0.15) is 11.6 Å². The quantitative estimate of drug-likeness (QED) is 0.290. The Labute approximate surface area is 247 Å². The molecule has 5 heterocycles. The number of hydrogen-bond acceptors (Lipinski definition) is 6. The highest BCUT2D eigenvalue weighted by Gasteiger charge is 2.33. The third kappa shape index (κ3) is 5.73. The van der Waals surface area contributed by atoms with E-state index in [4.69, 9.17) is 19.4 Å². The smallest absolute Gasteiger partial charge is 0.308 e. The van der Waals surface area contributed by atoms with E-state index >= 15 is 0 Å². The van der Waals surface area contributed by atoms with Gasteiger partial charge < -0.3 is 19.5 Å². The van der Waals surface area contributed by atoms with E-state index in [9.17, 15) is 9.90 Å². The van der Waals surface area contributed by atoms with Crippen LogP contribution < -0.4 is 9.64 Å². The highest BCUT2D eigenvalue weighted by atomic mass is 16.5. The predicted octanol–water partition coefficient (Wildman–Crippen LogP) is 6.63. The SMILES string of the molecule is Cc1ccc2c(c1)OC(C)CCCCOC1(C)CCN(CC1)c1c(CC(=O)O)c(C)nc3nc(cn13)-c1cccc-2c1. The molecule has 8 heteroatoms. The zero-order chi connectivity index (χ0) is 29.4. The highest BCUT2D eigenvalue weighted by molar-refractivity contribution is 5.77. The average Bonchev–Trinajstić information content (AvgIpc) is 3.37. The molecule has 0 saturated carbocycles. The van der Waals surface area contributed by atoms with Gasteiger partial charge in [0.2, 0.25) is 5.78 Å². The van der Waals surface area contributed by atoms with E-state index in [1.807, 2.05) is 17.5 Å². The van der Waals surface area contributed by atoms with Crippen LogP contribution in [-0.4, -0.2) is 56.8 Å². The molecule has 4 aromatic rings. The van der Waals surface area contributed by atoms with Crippen molar-refractivity contribution in [1.29, 1.82) is 0 Å². The molecule has 2 aromatic heterocycles. The molecule has 0 amide bonds. The summed E-state index contributed by atoms with van der Waals surface area (Å²) in [5.41, 5.74) is 6.25. The number of carbonyl (C=O) groups is 1. The minimum Gasteiger partial charge on any atom is -0.490 e. The van der Waals surface area contributed by atoms with Crippen molar-refractivity contribution in [2.45, 2.75) is 77.9 Å². The number of carboxylic acid groups (broad SMARTS) is 1. The number of aryl methyl sites for hydroxylation is 2. The Hall–Kier alpha value is -3.91. The lowest BCUT2D eigenvalue weighted by molar-refractivity contribution is -0.136. The molecule has 3 aliphatic rings. The third-order valence-electron chi connectivity index (χ3n) is 8.73. The van der Waals surface area contributed by atoms with Crippen LogP contribution in [0, 0.1) is 13.8 Å². The minimum absolute atomic E-state index is 0.0873. The molecule has 0 radical (unpaired) electrons. The summed E-state index contributed by atoms with van der Waals surface area (Å²) in [5.74, 6) is 1.46. The van der Waals surface area contributed by atoms with Crippen LogP contribution in [0.2, 0.25) is 0 Å². The van der Waals surface area contributed by atoms with E-state index in [1.54, 1.807) is 0 Å². The molecule has 42 heavy (non-hydrogen) atoms. The van der Waals surface area contributed by atoms with Crippen molar-refractivity contribution in [2.24, 2.45) is 0 Å². The Morgan fingerprint density at radius 2 is 1.86 bits per heavy atom. The number of nitrogens with zero attached hydrogens (tertiary/aromatic N) is 4. The summed E-state index contributed by atoms with van der Waals surface area (Å²) >= 11 is 0. The van der Waals surface area contributed by atoms with E-state index in [0.717, 1.165) is 96.9 Å². The average molecular weight is 569 g/mol. The number of ether oxygens (including phenoxy) is 2. The summed E-state index contributed by atoms with van der Waals surface area (Å²) in [5, 5.41) is 9.79. The fourth-order valence-corrected chi connectivity index (χ4v) is 6.25. The topological polar surface area (TPSA) is 89.2 Å².